The summed E-state index contributed by atoms with van der Waals surface area (Å²) in [5.41, 5.74) is 0.456. The molecule has 0 aromatic carbocycles. The summed E-state index contributed by atoms with van der Waals surface area (Å²) in [6.07, 6.45) is 2.51. The second-order valence-electron chi connectivity index (χ2n) is 5.24. The molecule has 0 aromatic rings. The third-order valence-electron chi connectivity index (χ3n) is 4.03. The van der Waals surface area contributed by atoms with Gasteiger partial charge < -0.3 is 4.90 Å². The lowest BCUT2D eigenvalue weighted by Gasteiger charge is -2.38. The first kappa shape index (κ1) is 15.4. The molecule has 0 aliphatic carbocycles. The zero-order chi connectivity index (χ0) is 12.1. The van der Waals surface area contributed by atoms with Gasteiger partial charge in [0.25, 0.3) is 0 Å². The van der Waals surface area contributed by atoms with Crippen LogP contribution in [0.15, 0.2) is 0 Å². The van der Waals surface area contributed by atoms with Crippen LogP contribution in [0.3, 0.4) is 0 Å². The van der Waals surface area contributed by atoms with Crippen molar-refractivity contribution in [3.63, 3.8) is 0 Å². The molecule has 2 heteroatoms. The van der Waals surface area contributed by atoms with E-state index in [9.17, 15) is 0 Å². The van der Waals surface area contributed by atoms with E-state index in [0.29, 0.717) is 11.5 Å². The van der Waals surface area contributed by atoms with Gasteiger partial charge in [-0.15, -0.1) is 0 Å². The molecule has 0 bridgehead atoms. The summed E-state index contributed by atoms with van der Waals surface area (Å²) >= 11 is 3.68. The van der Waals surface area contributed by atoms with Crippen LogP contribution in [0.4, 0.5) is 0 Å². The molecule has 0 aliphatic heterocycles. The van der Waals surface area contributed by atoms with Crippen molar-refractivity contribution < 1.29 is 0 Å². The normalized spacial score (nSPS) is 15.0. The largest absolute Gasteiger partial charge is 0.303 e. The van der Waals surface area contributed by atoms with Crippen LogP contribution in [0, 0.1) is 11.3 Å². The monoisotopic (exact) mass is 277 g/mol. The molecule has 0 aliphatic rings. The van der Waals surface area contributed by atoms with Crippen molar-refractivity contribution in [1.82, 2.24) is 4.90 Å². The van der Waals surface area contributed by atoms with Crippen LogP contribution in [0.1, 0.15) is 47.5 Å². The average molecular weight is 278 g/mol. The van der Waals surface area contributed by atoms with Crippen LogP contribution in [0.5, 0.6) is 0 Å². The number of hydrogen-bond acceptors (Lipinski definition) is 1. The molecule has 0 rings (SSSR count). The van der Waals surface area contributed by atoms with Crippen LogP contribution in [-0.2, 0) is 0 Å². The van der Waals surface area contributed by atoms with Crippen molar-refractivity contribution in [3.05, 3.63) is 0 Å². The number of halogens is 1. The van der Waals surface area contributed by atoms with E-state index >= 15 is 0 Å². The van der Waals surface area contributed by atoms with E-state index in [1.54, 1.807) is 0 Å². The van der Waals surface area contributed by atoms with Gasteiger partial charge in [-0.3, -0.25) is 0 Å². The Hall–Kier alpha value is 0.440. The van der Waals surface area contributed by atoms with E-state index in [1.165, 1.54) is 19.4 Å². The highest BCUT2D eigenvalue weighted by Crippen LogP contribution is 2.30. The highest BCUT2D eigenvalue weighted by atomic mass is 79.9. The lowest BCUT2D eigenvalue weighted by Crippen LogP contribution is -2.42. The molecule has 92 valence electrons. The molecule has 0 N–H and O–H groups in total. The fourth-order valence-corrected chi connectivity index (χ4v) is 2.86. The van der Waals surface area contributed by atoms with Crippen LogP contribution < -0.4 is 0 Å². The van der Waals surface area contributed by atoms with Gasteiger partial charge in [-0.05, 0) is 38.1 Å². The maximum atomic E-state index is 3.68. The van der Waals surface area contributed by atoms with Crippen molar-refractivity contribution in [3.8, 4) is 0 Å². The molecule has 0 amide bonds. The van der Waals surface area contributed by atoms with Gasteiger partial charge >= 0.3 is 0 Å². The van der Waals surface area contributed by atoms with Crippen molar-refractivity contribution in [2.24, 2.45) is 11.3 Å². The van der Waals surface area contributed by atoms with Crippen molar-refractivity contribution >= 4 is 15.9 Å². The Balaban J connectivity index is 4.40. The van der Waals surface area contributed by atoms with E-state index in [4.69, 9.17) is 0 Å². The topological polar surface area (TPSA) is 3.24 Å². The SMILES string of the molecule is CCC(CC)(CBr)CN(C)C(C)C(C)C. The molecule has 1 atom stereocenters. The molecular formula is C13H28BrN. The maximum absolute atomic E-state index is 3.68. The highest BCUT2D eigenvalue weighted by molar-refractivity contribution is 9.09. The average Bonchev–Trinajstić information content (AvgIpc) is 2.24. The molecular weight excluding hydrogens is 250 g/mol. The van der Waals surface area contributed by atoms with Gasteiger partial charge in [0, 0.05) is 17.9 Å². The summed E-state index contributed by atoms with van der Waals surface area (Å²) in [5, 5.41) is 1.11. The first-order valence-corrected chi connectivity index (χ1v) is 7.30. The first-order valence-electron chi connectivity index (χ1n) is 6.18. The van der Waals surface area contributed by atoms with Gasteiger partial charge in [0.2, 0.25) is 0 Å². The maximum Gasteiger partial charge on any atom is 0.01000 e. The van der Waals surface area contributed by atoms with Crippen molar-refractivity contribution in [2.75, 3.05) is 18.9 Å². The summed E-state index contributed by atoms with van der Waals surface area (Å²) < 4.78 is 0. The highest BCUT2D eigenvalue weighted by Gasteiger charge is 2.28. The Morgan fingerprint density at radius 2 is 1.60 bits per heavy atom. The molecule has 1 nitrogen and oxygen atoms in total. The minimum Gasteiger partial charge on any atom is -0.303 e. The molecule has 0 saturated carbocycles. The summed E-state index contributed by atoms with van der Waals surface area (Å²) in [5.74, 6) is 0.733. The summed E-state index contributed by atoms with van der Waals surface area (Å²) in [7, 11) is 2.26. The Labute approximate surface area is 105 Å². The van der Waals surface area contributed by atoms with Gasteiger partial charge in [0.05, 0.1) is 0 Å². The molecule has 0 radical (unpaired) electrons. The zero-order valence-electron chi connectivity index (χ0n) is 11.3. The van der Waals surface area contributed by atoms with Crippen molar-refractivity contribution in [1.29, 1.82) is 0 Å². The van der Waals surface area contributed by atoms with Crippen LogP contribution >= 0.6 is 15.9 Å². The van der Waals surface area contributed by atoms with Gasteiger partial charge in [0.15, 0.2) is 0 Å². The predicted octanol–water partition coefficient (Wildman–Crippen LogP) is 4.16. The lowest BCUT2D eigenvalue weighted by molar-refractivity contribution is 0.127. The van der Waals surface area contributed by atoms with E-state index in [2.05, 4.69) is 62.5 Å². The molecule has 1 unspecified atom stereocenters. The minimum absolute atomic E-state index is 0.456. The van der Waals surface area contributed by atoms with E-state index in [1.807, 2.05) is 0 Å². The molecule has 0 saturated heterocycles. The van der Waals surface area contributed by atoms with Gasteiger partial charge in [-0.2, -0.15) is 0 Å². The molecule has 0 aromatic heterocycles. The third-order valence-corrected chi connectivity index (χ3v) is 5.22. The predicted molar refractivity (Wildman–Crippen MR) is 73.7 cm³/mol. The molecule has 0 fully saturated rings. The van der Waals surface area contributed by atoms with Crippen LogP contribution in [0.25, 0.3) is 0 Å². The summed E-state index contributed by atoms with van der Waals surface area (Å²) in [6.45, 7) is 12.7. The standard InChI is InChI=1S/C13H28BrN/c1-7-13(8-2,9-14)10-15(6)12(5)11(3)4/h11-12H,7-10H2,1-6H3. The molecule has 0 spiro atoms. The second-order valence-corrected chi connectivity index (χ2v) is 5.80. The van der Waals surface area contributed by atoms with E-state index in [0.717, 1.165) is 11.2 Å². The van der Waals surface area contributed by atoms with Gasteiger partial charge in [-0.1, -0.05) is 43.6 Å². The minimum atomic E-state index is 0.456. The molecule has 15 heavy (non-hydrogen) atoms. The number of nitrogens with zero attached hydrogens (tertiary/aromatic N) is 1. The Morgan fingerprint density at radius 1 is 1.13 bits per heavy atom. The van der Waals surface area contributed by atoms with Crippen LogP contribution in [0.2, 0.25) is 0 Å². The van der Waals surface area contributed by atoms with E-state index in [-0.39, 0.29) is 0 Å². The van der Waals surface area contributed by atoms with Gasteiger partial charge in [-0.25, -0.2) is 0 Å². The smallest absolute Gasteiger partial charge is 0.01000 e. The van der Waals surface area contributed by atoms with E-state index < -0.39 is 0 Å². The second kappa shape index (κ2) is 6.90. The van der Waals surface area contributed by atoms with Crippen LogP contribution in [-0.4, -0.2) is 29.9 Å². The Bertz CT molecular complexity index is 156. The third kappa shape index (κ3) is 4.44. The molecule has 0 heterocycles. The number of alkyl halides is 1. The zero-order valence-corrected chi connectivity index (χ0v) is 12.9. The van der Waals surface area contributed by atoms with Gasteiger partial charge in [0.1, 0.15) is 0 Å². The fraction of sp³-hybridized carbons (Fsp3) is 1.00. The number of hydrogen-bond donors (Lipinski definition) is 0. The fourth-order valence-electron chi connectivity index (χ4n) is 1.89. The first-order chi connectivity index (χ1) is 6.92. The Kier molecular flexibility index (Phi) is 7.10. The number of rotatable bonds is 7. The quantitative estimate of drug-likeness (QED) is 0.632. The van der Waals surface area contributed by atoms with Crippen molar-refractivity contribution in [2.45, 2.75) is 53.5 Å². The summed E-state index contributed by atoms with van der Waals surface area (Å²) in [4.78, 5) is 2.51. The Morgan fingerprint density at radius 3 is 1.87 bits per heavy atom. The summed E-state index contributed by atoms with van der Waals surface area (Å²) in [6, 6.07) is 0.668. The lowest BCUT2D eigenvalue weighted by atomic mass is 9.83.